The van der Waals surface area contributed by atoms with Crippen molar-refractivity contribution in [3.63, 3.8) is 0 Å². The second-order valence-electron chi connectivity index (χ2n) is 1.44. The highest BCUT2D eigenvalue weighted by Gasteiger charge is 1.75. The lowest BCUT2D eigenvalue weighted by Gasteiger charge is -1.96. The fourth-order valence-corrected chi connectivity index (χ4v) is 0.325. The molecular formula is C6H13NO. The molecule has 0 heterocycles. The van der Waals surface area contributed by atoms with Crippen molar-refractivity contribution < 1.29 is 4.74 Å². The van der Waals surface area contributed by atoms with Crippen LogP contribution in [0.1, 0.15) is 6.92 Å². The molecule has 0 aromatic heterocycles. The van der Waals surface area contributed by atoms with Crippen LogP contribution in [-0.4, -0.2) is 20.2 Å². The molecule has 0 rings (SSSR count). The summed E-state index contributed by atoms with van der Waals surface area (Å²) in [7, 11) is 1.90. The number of ether oxygens (including phenoxy) is 1. The lowest BCUT2D eigenvalue weighted by atomic mass is 10.7. The summed E-state index contributed by atoms with van der Waals surface area (Å²) in [6, 6.07) is 0. The monoisotopic (exact) mass is 115 g/mol. The molecule has 2 nitrogen and oxygen atoms in total. The lowest BCUT2D eigenvalue weighted by Crippen LogP contribution is -2.12. The van der Waals surface area contributed by atoms with Crippen LogP contribution in [0.3, 0.4) is 0 Å². The SMILES string of the molecule is CC=COCCNC. The summed E-state index contributed by atoms with van der Waals surface area (Å²) in [6.45, 7) is 3.59. The molecule has 0 spiro atoms. The average molecular weight is 115 g/mol. The predicted octanol–water partition coefficient (Wildman–Crippen LogP) is 0.756. The molecule has 0 aliphatic rings. The van der Waals surface area contributed by atoms with Gasteiger partial charge < -0.3 is 10.1 Å². The van der Waals surface area contributed by atoms with Crippen LogP contribution in [0.2, 0.25) is 0 Å². The van der Waals surface area contributed by atoms with E-state index >= 15 is 0 Å². The Hall–Kier alpha value is -0.500. The van der Waals surface area contributed by atoms with Crippen LogP contribution < -0.4 is 5.32 Å². The summed E-state index contributed by atoms with van der Waals surface area (Å²) in [4.78, 5) is 0. The third-order valence-corrected chi connectivity index (χ3v) is 0.702. The van der Waals surface area contributed by atoms with E-state index in [1.165, 1.54) is 0 Å². The Morgan fingerprint density at radius 3 is 2.88 bits per heavy atom. The van der Waals surface area contributed by atoms with Gasteiger partial charge in [0.25, 0.3) is 0 Å². The number of hydrogen-bond donors (Lipinski definition) is 1. The van der Waals surface area contributed by atoms with Gasteiger partial charge >= 0.3 is 0 Å². The molecule has 0 unspecified atom stereocenters. The topological polar surface area (TPSA) is 21.3 Å². The Bertz CT molecular complexity index is 61.5. The zero-order valence-corrected chi connectivity index (χ0v) is 5.48. The van der Waals surface area contributed by atoms with Gasteiger partial charge in [0, 0.05) is 6.54 Å². The van der Waals surface area contributed by atoms with E-state index in [4.69, 9.17) is 4.74 Å². The maximum absolute atomic E-state index is 4.98. The van der Waals surface area contributed by atoms with Gasteiger partial charge in [-0.2, -0.15) is 0 Å². The standard InChI is InChI=1S/C6H13NO/c1-3-5-8-6-4-7-2/h3,5,7H,4,6H2,1-2H3. The van der Waals surface area contributed by atoms with Gasteiger partial charge in [0.2, 0.25) is 0 Å². The van der Waals surface area contributed by atoms with E-state index in [2.05, 4.69) is 5.32 Å². The highest BCUT2D eigenvalue weighted by Crippen LogP contribution is 1.73. The zero-order chi connectivity index (χ0) is 6.24. The molecule has 0 fully saturated rings. The molecule has 0 aromatic rings. The Morgan fingerprint density at radius 1 is 1.62 bits per heavy atom. The van der Waals surface area contributed by atoms with Gasteiger partial charge in [-0.05, 0) is 14.0 Å². The predicted molar refractivity (Wildman–Crippen MR) is 34.7 cm³/mol. The van der Waals surface area contributed by atoms with Gasteiger partial charge in [0.1, 0.15) is 0 Å². The summed E-state index contributed by atoms with van der Waals surface area (Å²) in [5.74, 6) is 0. The molecule has 0 saturated heterocycles. The summed E-state index contributed by atoms with van der Waals surface area (Å²) in [6.07, 6.45) is 3.56. The summed E-state index contributed by atoms with van der Waals surface area (Å²) < 4.78 is 4.98. The van der Waals surface area contributed by atoms with E-state index in [1.807, 2.05) is 20.0 Å². The largest absolute Gasteiger partial charge is 0.500 e. The molecule has 0 radical (unpaired) electrons. The van der Waals surface area contributed by atoms with Crippen molar-refractivity contribution in [1.82, 2.24) is 5.32 Å². The third-order valence-electron chi connectivity index (χ3n) is 0.702. The van der Waals surface area contributed by atoms with Crippen LogP contribution in [0.25, 0.3) is 0 Å². The van der Waals surface area contributed by atoms with Gasteiger partial charge in [-0.1, -0.05) is 6.08 Å². The Labute approximate surface area is 50.5 Å². The average Bonchev–Trinajstić information content (AvgIpc) is 1.81. The normalized spacial score (nSPS) is 10.2. The second kappa shape index (κ2) is 6.50. The molecule has 2 heteroatoms. The van der Waals surface area contributed by atoms with Crippen LogP contribution in [0.5, 0.6) is 0 Å². The second-order valence-corrected chi connectivity index (χ2v) is 1.44. The molecule has 0 aromatic carbocycles. The van der Waals surface area contributed by atoms with Crippen molar-refractivity contribution in [2.45, 2.75) is 6.92 Å². The molecule has 0 atom stereocenters. The number of nitrogens with one attached hydrogen (secondary N) is 1. The maximum Gasteiger partial charge on any atom is 0.0997 e. The minimum atomic E-state index is 0.751. The fraction of sp³-hybridized carbons (Fsp3) is 0.667. The molecule has 48 valence electrons. The quantitative estimate of drug-likeness (QED) is 0.431. The van der Waals surface area contributed by atoms with Crippen LogP contribution in [0, 0.1) is 0 Å². The summed E-state index contributed by atoms with van der Waals surface area (Å²) in [5, 5.41) is 2.97. The van der Waals surface area contributed by atoms with Crippen molar-refractivity contribution in [3.8, 4) is 0 Å². The molecule has 0 aliphatic heterocycles. The Balaban J connectivity index is 2.72. The molecular weight excluding hydrogens is 102 g/mol. The highest BCUT2D eigenvalue weighted by molar-refractivity contribution is 4.64. The van der Waals surface area contributed by atoms with Gasteiger partial charge in [0.05, 0.1) is 12.9 Å². The summed E-state index contributed by atoms with van der Waals surface area (Å²) in [5.41, 5.74) is 0. The van der Waals surface area contributed by atoms with E-state index in [1.54, 1.807) is 6.26 Å². The smallest absolute Gasteiger partial charge is 0.0997 e. The number of rotatable bonds is 4. The maximum atomic E-state index is 4.98. The third kappa shape index (κ3) is 5.50. The van der Waals surface area contributed by atoms with E-state index < -0.39 is 0 Å². The zero-order valence-electron chi connectivity index (χ0n) is 5.48. The van der Waals surface area contributed by atoms with Gasteiger partial charge in [-0.15, -0.1) is 0 Å². The molecule has 1 N–H and O–H groups in total. The first kappa shape index (κ1) is 7.50. The molecule has 8 heavy (non-hydrogen) atoms. The van der Waals surface area contributed by atoms with Crippen molar-refractivity contribution in [2.75, 3.05) is 20.2 Å². The number of allylic oxidation sites excluding steroid dienone is 1. The first-order valence-corrected chi connectivity index (χ1v) is 2.79. The first-order valence-electron chi connectivity index (χ1n) is 2.79. The van der Waals surface area contributed by atoms with Crippen molar-refractivity contribution >= 4 is 0 Å². The van der Waals surface area contributed by atoms with Crippen molar-refractivity contribution in [3.05, 3.63) is 12.3 Å². The van der Waals surface area contributed by atoms with Gasteiger partial charge in [0.15, 0.2) is 0 Å². The minimum Gasteiger partial charge on any atom is -0.500 e. The van der Waals surface area contributed by atoms with Crippen LogP contribution in [0.4, 0.5) is 0 Å². The highest BCUT2D eigenvalue weighted by atomic mass is 16.5. The summed E-state index contributed by atoms with van der Waals surface area (Å²) >= 11 is 0. The Morgan fingerprint density at radius 2 is 2.38 bits per heavy atom. The van der Waals surface area contributed by atoms with Crippen LogP contribution in [-0.2, 0) is 4.74 Å². The minimum absolute atomic E-state index is 0.751. The van der Waals surface area contributed by atoms with Crippen molar-refractivity contribution in [2.24, 2.45) is 0 Å². The molecule has 0 amide bonds. The molecule has 0 aliphatic carbocycles. The lowest BCUT2D eigenvalue weighted by molar-refractivity contribution is 0.251. The number of likely N-dealkylation sites (N-methyl/N-ethyl adjacent to an activating group) is 1. The van der Waals surface area contributed by atoms with E-state index in [0.717, 1.165) is 13.2 Å². The first-order chi connectivity index (χ1) is 3.91. The van der Waals surface area contributed by atoms with Gasteiger partial charge in [-0.25, -0.2) is 0 Å². The molecule has 0 saturated carbocycles. The van der Waals surface area contributed by atoms with E-state index in [-0.39, 0.29) is 0 Å². The van der Waals surface area contributed by atoms with Crippen LogP contribution >= 0.6 is 0 Å². The van der Waals surface area contributed by atoms with Crippen LogP contribution in [0.15, 0.2) is 12.3 Å². The fourth-order valence-electron chi connectivity index (χ4n) is 0.325. The number of hydrogen-bond acceptors (Lipinski definition) is 2. The Kier molecular flexibility index (Phi) is 6.09. The van der Waals surface area contributed by atoms with E-state index in [9.17, 15) is 0 Å². The van der Waals surface area contributed by atoms with E-state index in [0.29, 0.717) is 0 Å². The van der Waals surface area contributed by atoms with Crippen molar-refractivity contribution in [1.29, 1.82) is 0 Å². The van der Waals surface area contributed by atoms with Gasteiger partial charge in [-0.3, -0.25) is 0 Å². The molecule has 0 bridgehead atoms.